The van der Waals surface area contributed by atoms with Gasteiger partial charge in [-0.3, -0.25) is 0 Å². The van der Waals surface area contributed by atoms with Gasteiger partial charge in [0.15, 0.2) is 0 Å². The van der Waals surface area contributed by atoms with E-state index in [0.29, 0.717) is 0 Å². The van der Waals surface area contributed by atoms with Crippen molar-refractivity contribution in [2.45, 2.75) is 0 Å². The lowest BCUT2D eigenvalue weighted by molar-refractivity contribution is 2.36. The van der Waals surface area contributed by atoms with E-state index < -0.39 is 0 Å². The summed E-state index contributed by atoms with van der Waals surface area (Å²) >= 11 is 1.89. The van der Waals surface area contributed by atoms with E-state index in [-0.39, 0.29) is 0 Å². The van der Waals surface area contributed by atoms with Gasteiger partial charge in [0.05, 0.1) is 0 Å². The average Bonchev–Trinajstić information content (AvgIpc) is 2.16. The SMILES string of the molecule is C#CC#CC#CC#CC#CC#CI. The summed E-state index contributed by atoms with van der Waals surface area (Å²) in [6, 6.07) is 0. The number of terminal acetylenes is 1. The lowest BCUT2D eigenvalue weighted by Gasteiger charge is -1.54. The molecule has 56 valence electrons. The quantitative estimate of drug-likeness (QED) is 0.456. The summed E-state index contributed by atoms with van der Waals surface area (Å²) in [4.78, 5) is 0. The Bertz CT molecular complexity index is 503. The third kappa shape index (κ3) is 10.1. The van der Waals surface area contributed by atoms with Crippen molar-refractivity contribution >= 4 is 22.6 Å². The Kier molecular flexibility index (Phi) is 8.61. The summed E-state index contributed by atoms with van der Waals surface area (Å²) in [7, 11) is 0. The average molecular weight is 272 g/mol. The summed E-state index contributed by atoms with van der Waals surface area (Å²) in [6.07, 6.45) is 4.86. The molecule has 0 nitrogen and oxygen atoms in total. The van der Waals surface area contributed by atoms with Gasteiger partial charge in [-0.2, -0.15) is 0 Å². The van der Waals surface area contributed by atoms with Gasteiger partial charge in [-0.1, -0.05) is 0 Å². The molecule has 0 aromatic rings. The molecule has 0 rings (SSSR count). The molecule has 0 bridgehead atoms. The van der Waals surface area contributed by atoms with Crippen LogP contribution >= 0.6 is 22.6 Å². The Morgan fingerprint density at radius 3 is 1.38 bits per heavy atom. The zero-order valence-corrected chi connectivity index (χ0v) is 8.61. The van der Waals surface area contributed by atoms with Crippen LogP contribution in [-0.2, 0) is 0 Å². The molecule has 0 heterocycles. The molecule has 1 heteroatoms. The van der Waals surface area contributed by atoms with Crippen LogP contribution in [0.15, 0.2) is 0 Å². The molecule has 0 spiro atoms. The first-order valence-corrected chi connectivity index (χ1v) is 4.06. The van der Waals surface area contributed by atoms with Crippen molar-refractivity contribution in [3.8, 4) is 69.6 Å². The molecule has 0 amide bonds. The second-order valence-corrected chi connectivity index (χ2v) is 1.90. The monoisotopic (exact) mass is 272 g/mol. The fraction of sp³-hybridized carbons (Fsp3) is 0. The zero-order valence-electron chi connectivity index (χ0n) is 6.46. The van der Waals surface area contributed by atoms with Crippen molar-refractivity contribution in [1.82, 2.24) is 0 Å². The first-order valence-electron chi connectivity index (χ1n) is 2.98. The van der Waals surface area contributed by atoms with Gasteiger partial charge in [-0.25, -0.2) is 0 Å². The van der Waals surface area contributed by atoms with Crippen molar-refractivity contribution < 1.29 is 0 Å². The van der Waals surface area contributed by atoms with Crippen LogP contribution in [0.4, 0.5) is 0 Å². The van der Waals surface area contributed by atoms with Gasteiger partial charge >= 0.3 is 0 Å². The van der Waals surface area contributed by atoms with Gasteiger partial charge in [-0.15, -0.1) is 6.42 Å². The highest BCUT2D eigenvalue weighted by Gasteiger charge is 1.55. The largest absolute Gasteiger partial charge is 0.106 e. The first kappa shape index (κ1) is 11.1. The molecule has 0 unspecified atom stereocenters. The first-order chi connectivity index (χ1) is 6.41. The van der Waals surface area contributed by atoms with Crippen molar-refractivity contribution in [2.75, 3.05) is 0 Å². The van der Waals surface area contributed by atoms with Crippen LogP contribution in [0.3, 0.4) is 0 Å². The summed E-state index contributed by atoms with van der Waals surface area (Å²) < 4.78 is 2.58. The van der Waals surface area contributed by atoms with Crippen LogP contribution in [0.2, 0.25) is 0 Å². The van der Waals surface area contributed by atoms with E-state index in [2.05, 4.69) is 63.1 Å². The molecule has 0 aliphatic heterocycles. The standard InChI is InChI=1S/C12HI/c1-2-3-4-5-6-7-8-9-10-11-12-13/h1H. The maximum absolute atomic E-state index is 4.86. The van der Waals surface area contributed by atoms with Crippen LogP contribution in [0, 0.1) is 69.6 Å². The van der Waals surface area contributed by atoms with Gasteiger partial charge in [0.2, 0.25) is 0 Å². The van der Waals surface area contributed by atoms with E-state index in [9.17, 15) is 0 Å². The van der Waals surface area contributed by atoms with Crippen LogP contribution in [0.1, 0.15) is 0 Å². The molecular weight excluding hydrogens is 271 g/mol. The Morgan fingerprint density at radius 1 is 0.615 bits per heavy atom. The Morgan fingerprint density at radius 2 is 1.00 bits per heavy atom. The normalized spacial score (nSPS) is 3.69. The van der Waals surface area contributed by atoms with Gasteiger partial charge in [0, 0.05) is 22.6 Å². The van der Waals surface area contributed by atoms with E-state index in [1.54, 1.807) is 0 Å². The predicted octanol–water partition coefficient (Wildman–Crippen LogP) is 1.03. The lowest BCUT2D eigenvalue weighted by Crippen LogP contribution is -1.53. The molecule has 13 heavy (non-hydrogen) atoms. The molecule has 0 radical (unpaired) electrons. The summed E-state index contributed by atoms with van der Waals surface area (Å²) in [5, 5.41) is 0. The van der Waals surface area contributed by atoms with E-state index in [1.807, 2.05) is 22.6 Å². The fourth-order valence-electron chi connectivity index (χ4n) is 0.278. The maximum Gasteiger partial charge on any atom is 0.0192 e. The Labute approximate surface area is 92.0 Å². The van der Waals surface area contributed by atoms with Gasteiger partial charge in [0.1, 0.15) is 0 Å². The second kappa shape index (κ2) is 10.1. The number of halogens is 1. The van der Waals surface area contributed by atoms with Crippen LogP contribution in [0.25, 0.3) is 0 Å². The summed E-state index contributed by atoms with van der Waals surface area (Å²) in [6.45, 7) is 0. The summed E-state index contributed by atoms with van der Waals surface area (Å²) in [5.74, 6) is 24.3. The highest BCUT2D eigenvalue weighted by Crippen LogP contribution is 1.67. The zero-order chi connectivity index (χ0) is 9.78. The minimum absolute atomic E-state index is 1.89. The van der Waals surface area contributed by atoms with Gasteiger partial charge in [-0.05, 0) is 63.1 Å². The molecular formula is C12HI. The van der Waals surface area contributed by atoms with E-state index in [4.69, 9.17) is 6.42 Å². The third-order valence-corrected chi connectivity index (χ3v) is 0.889. The van der Waals surface area contributed by atoms with E-state index in [1.165, 1.54) is 0 Å². The van der Waals surface area contributed by atoms with Crippen molar-refractivity contribution in [3.05, 3.63) is 0 Å². The van der Waals surface area contributed by atoms with Crippen molar-refractivity contribution in [2.24, 2.45) is 0 Å². The molecule has 0 aromatic heterocycles. The molecule has 0 aromatic carbocycles. The Hall–Kier alpha value is -1.91. The predicted molar refractivity (Wildman–Crippen MR) is 61.7 cm³/mol. The molecule has 0 atom stereocenters. The molecule has 0 N–H and O–H groups in total. The number of hydrogen-bond donors (Lipinski definition) is 0. The molecule has 0 fully saturated rings. The molecule has 0 aliphatic rings. The van der Waals surface area contributed by atoms with E-state index in [0.717, 1.165) is 0 Å². The minimum Gasteiger partial charge on any atom is -0.106 e. The smallest absolute Gasteiger partial charge is 0.0192 e. The molecule has 0 saturated carbocycles. The topological polar surface area (TPSA) is 0 Å². The van der Waals surface area contributed by atoms with Crippen molar-refractivity contribution in [1.29, 1.82) is 0 Å². The summed E-state index contributed by atoms with van der Waals surface area (Å²) in [5.41, 5.74) is 0. The Balaban J connectivity index is 4.14. The van der Waals surface area contributed by atoms with Crippen LogP contribution < -0.4 is 0 Å². The minimum atomic E-state index is 1.89. The van der Waals surface area contributed by atoms with Gasteiger partial charge in [0.25, 0.3) is 0 Å². The van der Waals surface area contributed by atoms with Crippen LogP contribution in [-0.4, -0.2) is 0 Å². The molecule has 0 saturated heterocycles. The van der Waals surface area contributed by atoms with Crippen LogP contribution in [0.5, 0.6) is 0 Å². The van der Waals surface area contributed by atoms with E-state index >= 15 is 0 Å². The highest BCUT2D eigenvalue weighted by atomic mass is 127. The molecule has 0 aliphatic carbocycles. The second-order valence-electron chi connectivity index (χ2n) is 1.36. The maximum atomic E-state index is 4.86. The third-order valence-electron chi connectivity index (χ3n) is 0.619. The number of hydrogen-bond acceptors (Lipinski definition) is 0. The number of rotatable bonds is 0. The lowest BCUT2D eigenvalue weighted by atomic mass is 10.5. The highest BCUT2D eigenvalue weighted by molar-refractivity contribution is 14.1. The fourth-order valence-corrected chi connectivity index (χ4v) is 0.413. The van der Waals surface area contributed by atoms with Crippen molar-refractivity contribution in [3.63, 3.8) is 0 Å². The van der Waals surface area contributed by atoms with Gasteiger partial charge < -0.3 is 0 Å².